The van der Waals surface area contributed by atoms with Crippen LogP contribution >= 0.6 is 11.3 Å². The Bertz CT molecular complexity index is 587. The minimum Gasteiger partial charge on any atom is -0.356 e. The molecule has 0 aliphatic rings. The number of nitrogens with zero attached hydrogens (tertiary/aromatic N) is 5. The topological polar surface area (TPSA) is 80.0 Å². The average molecular weight is 307 g/mol. The molecule has 7 nitrogen and oxygen atoms in total. The van der Waals surface area contributed by atoms with Crippen molar-refractivity contribution >= 4 is 17.3 Å². The van der Waals surface area contributed by atoms with Crippen LogP contribution in [0.15, 0.2) is 17.5 Å². The van der Waals surface area contributed by atoms with E-state index in [-0.39, 0.29) is 0 Å². The third-order valence-electron chi connectivity index (χ3n) is 3.02. The van der Waals surface area contributed by atoms with Crippen LogP contribution in [0.2, 0.25) is 0 Å². The van der Waals surface area contributed by atoms with Crippen molar-refractivity contribution in [2.24, 2.45) is 12.0 Å². The van der Waals surface area contributed by atoms with Crippen molar-refractivity contribution in [1.29, 1.82) is 0 Å². The van der Waals surface area contributed by atoms with Gasteiger partial charge in [-0.2, -0.15) is 0 Å². The second-order valence-corrected chi connectivity index (χ2v) is 5.73. The Hall–Kier alpha value is -1.96. The molecule has 0 unspecified atom stereocenters. The number of hydrogen-bond donors (Lipinski definition) is 2. The van der Waals surface area contributed by atoms with Gasteiger partial charge in [0, 0.05) is 38.1 Å². The average Bonchev–Trinajstić information content (AvgIpc) is 3.11. The first-order chi connectivity index (χ1) is 10.2. The quantitative estimate of drug-likeness (QED) is 0.608. The first-order valence-electron chi connectivity index (χ1n) is 6.94. The van der Waals surface area contributed by atoms with E-state index in [0.717, 1.165) is 36.2 Å². The maximum Gasteiger partial charge on any atom is 0.191 e. The van der Waals surface area contributed by atoms with E-state index >= 15 is 0 Å². The van der Waals surface area contributed by atoms with Gasteiger partial charge in [0.05, 0.1) is 11.6 Å². The Kier molecular flexibility index (Phi) is 5.68. The number of aliphatic imine (C=N–C) groups is 1. The molecule has 0 saturated heterocycles. The molecule has 21 heavy (non-hydrogen) atoms. The molecule has 0 atom stereocenters. The fourth-order valence-corrected chi connectivity index (χ4v) is 2.63. The van der Waals surface area contributed by atoms with Gasteiger partial charge in [-0.25, -0.2) is 4.98 Å². The molecule has 0 fully saturated rings. The van der Waals surface area contributed by atoms with Gasteiger partial charge in [0.1, 0.15) is 6.33 Å². The predicted molar refractivity (Wildman–Crippen MR) is 84.4 cm³/mol. The Labute approximate surface area is 128 Å². The van der Waals surface area contributed by atoms with Crippen LogP contribution in [0, 0.1) is 0 Å². The summed E-state index contributed by atoms with van der Waals surface area (Å²) < 4.78 is 1.88. The van der Waals surface area contributed by atoms with Gasteiger partial charge < -0.3 is 15.2 Å². The molecule has 2 aromatic heterocycles. The van der Waals surface area contributed by atoms with Gasteiger partial charge in [0.25, 0.3) is 0 Å². The second-order valence-electron chi connectivity index (χ2n) is 4.53. The molecule has 0 aliphatic heterocycles. The van der Waals surface area contributed by atoms with E-state index in [1.165, 1.54) is 4.88 Å². The van der Waals surface area contributed by atoms with Crippen LogP contribution in [0.5, 0.6) is 0 Å². The third kappa shape index (κ3) is 4.52. The number of hydrogen-bond acceptors (Lipinski definition) is 5. The zero-order chi connectivity index (χ0) is 15.1. The Balaban J connectivity index is 1.74. The van der Waals surface area contributed by atoms with Gasteiger partial charge >= 0.3 is 0 Å². The normalized spacial score (nSPS) is 11.7. The summed E-state index contributed by atoms with van der Waals surface area (Å²) in [7, 11) is 3.67. The van der Waals surface area contributed by atoms with Crippen molar-refractivity contribution in [2.75, 3.05) is 13.6 Å². The van der Waals surface area contributed by atoms with E-state index in [4.69, 9.17) is 0 Å². The molecule has 8 heteroatoms. The Morgan fingerprint density at radius 2 is 2.29 bits per heavy atom. The highest BCUT2D eigenvalue weighted by atomic mass is 32.1. The smallest absolute Gasteiger partial charge is 0.191 e. The van der Waals surface area contributed by atoms with Crippen LogP contribution < -0.4 is 10.6 Å². The van der Waals surface area contributed by atoms with Crippen molar-refractivity contribution in [1.82, 2.24) is 30.4 Å². The van der Waals surface area contributed by atoms with Gasteiger partial charge in [-0.05, 0) is 6.42 Å². The Morgan fingerprint density at radius 1 is 1.43 bits per heavy atom. The molecule has 0 bridgehead atoms. The second kappa shape index (κ2) is 7.72. The zero-order valence-corrected chi connectivity index (χ0v) is 13.4. The Morgan fingerprint density at radius 3 is 2.90 bits per heavy atom. The standard InChI is InChI=1S/C13H21N7S/c1-4-10-7-16-12(21-10)5-6-15-13(14-2)17-8-11-19-18-9-20(11)3/h7,9H,4-6,8H2,1-3H3,(H2,14,15,17). The molecule has 0 spiro atoms. The fourth-order valence-electron chi connectivity index (χ4n) is 1.77. The summed E-state index contributed by atoms with van der Waals surface area (Å²) in [5.74, 6) is 1.62. The van der Waals surface area contributed by atoms with Crippen LogP contribution in [-0.2, 0) is 26.4 Å². The molecule has 2 N–H and O–H groups in total. The summed E-state index contributed by atoms with van der Waals surface area (Å²) in [5.41, 5.74) is 0. The third-order valence-corrected chi connectivity index (χ3v) is 4.23. The molecule has 0 saturated carbocycles. The van der Waals surface area contributed by atoms with Crippen molar-refractivity contribution in [2.45, 2.75) is 26.3 Å². The summed E-state index contributed by atoms with van der Waals surface area (Å²) >= 11 is 1.77. The zero-order valence-electron chi connectivity index (χ0n) is 12.6. The SMILES string of the molecule is CCc1cnc(CCNC(=NC)NCc2nncn2C)s1. The monoisotopic (exact) mass is 307 g/mol. The molecular weight excluding hydrogens is 286 g/mol. The lowest BCUT2D eigenvalue weighted by molar-refractivity contribution is 0.723. The van der Waals surface area contributed by atoms with Crippen LogP contribution in [0.1, 0.15) is 22.6 Å². The van der Waals surface area contributed by atoms with Crippen LogP contribution in [0.25, 0.3) is 0 Å². The molecule has 0 amide bonds. The number of aromatic nitrogens is 4. The van der Waals surface area contributed by atoms with E-state index in [1.807, 2.05) is 17.8 Å². The van der Waals surface area contributed by atoms with E-state index < -0.39 is 0 Å². The maximum absolute atomic E-state index is 4.40. The predicted octanol–water partition coefficient (Wildman–Crippen LogP) is 0.742. The van der Waals surface area contributed by atoms with Gasteiger partial charge in [-0.1, -0.05) is 6.92 Å². The summed E-state index contributed by atoms with van der Waals surface area (Å²) in [5, 5.41) is 15.5. The molecule has 2 heterocycles. The summed E-state index contributed by atoms with van der Waals surface area (Å²) in [6.45, 7) is 3.54. The lowest BCUT2D eigenvalue weighted by atomic mass is 10.4. The molecule has 2 aromatic rings. The van der Waals surface area contributed by atoms with Gasteiger partial charge in [0.2, 0.25) is 0 Å². The fraction of sp³-hybridized carbons (Fsp3) is 0.538. The lowest BCUT2D eigenvalue weighted by Gasteiger charge is -2.10. The molecule has 0 aromatic carbocycles. The van der Waals surface area contributed by atoms with E-state index in [9.17, 15) is 0 Å². The van der Waals surface area contributed by atoms with Crippen molar-refractivity contribution < 1.29 is 0 Å². The highest BCUT2D eigenvalue weighted by molar-refractivity contribution is 7.11. The van der Waals surface area contributed by atoms with Gasteiger partial charge in [-0.15, -0.1) is 21.5 Å². The number of rotatable bonds is 6. The molecule has 0 radical (unpaired) electrons. The minimum atomic E-state index is 0.591. The van der Waals surface area contributed by atoms with Crippen molar-refractivity contribution in [3.63, 3.8) is 0 Å². The maximum atomic E-state index is 4.40. The number of nitrogens with one attached hydrogen (secondary N) is 2. The summed E-state index contributed by atoms with van der Waals surface area (Å²) in [6, 6.07) is 0. The highest BCUT2D eigenvalue weighted by Gasteiger charge is 2.04. The summed E-state index contributed by atoms with van der Waals surface area (Å²) in [6.07, 6.45) is 5.59. The lowest BCUT2D eigenvalue weighted by Crippen LogP contribution is -2.38. The molecule has 2 rings (SSSR count). The first kappa shape index (κ1) is 15.4. The molecule has 0 aliphatic carbocycles. The molecular formula is C13H21N7S. The highest BCUT2D eigenvalue weighted by Crippen LogP contribution is 2.13. The van der Waals surface area contributed by atoms with Crippen LogP contribution in [0.3, 0.4) is 0 Å². The number of aryl methyl sites for hydroxylation is 2. The number of guanidine groups is 1. The van der Waals surface area contributed by atoms with E-state index in [2.05, 4.69) is 37.7 Å². The number of thiazole rings is 1. The van der Waals surface area contributed by atoms with Gasteiger partial charge in [0.15, 0.2) is 11.8 Å². The van der Waals surface area contributed by atoms with Crippen molar-refractivity contribution in [3.05, 3.63) is 28.2 Å². The first-order valence-corrected chi connectivity index (χ1v) is 7.75. The van der Waals surface area contributed by atoms with Crippen molar-refractivity contribution in [3.8, 4) is 0 Å². The van der Waals surface area contributed by atoms with E-state index in [1.54, 1.807) is 24.7 Å². The summed E-state index contributed by atoms with van der Waals surface area (Å²) in [4.78, 5) is 9.92. The largest absolute Gasteiger partial charge is 0.356 e. The van der Waals surface area contributed by atoms with E-state index in [0.29, 0.717) is 6.54 Å². The van der Waals surface area contributed by atoms with Gasteiger partial charge in [-0.3, -0.25) is 4.99 Å². The van der Waals surface area contributed by atoms with Crippen LogP contribution in [0.4, 0.5) is 0 Å². The minimum absolute atomic E-state index is 0.591. The molecule has 114 valence electrons. The van der Waals surface area contributed by atoms with Crippen LogP contribution in [-0.4, -0.2) is 39.3 Å².